The van der Waals surface area contributed by atoms with Gasteiger partial charge in [-0.3, -0.25) is 24.5 Å². The van der Waals surface area contributed by atoms with E-state index < -0.39 is 114 Å². The van der Waals surface area contributed by atoms with Crippen LogP contribution >= 0.6 is 11.6 Å². The maximum absolute atomic E-state index is 14.4. The number of aliphatic hydroxyl groups is 1. The molecule has 27 nitrogen and oxygen atoms in total. The molecule has 2 fully saturated rings. The van der Waals surface area contributed by atoms with Crippen molar-refractivity contribution in [3.05, 3.63) is 130 Å². The van der Waals surface area contributed by atoms with E-state index in [1.807, 2.05) is 49.4 Å². The highest BCUT2D eigenvalue weighted by Gasteiger charge is 2.64. The number of anilines is 1. The molecule has 3 aliphatic heterocycles. The summed E-state index contributed by atoms with van der Waals surface area (Å²) in [5.41, 5.74) is 9.61. The molecule has 1 aliphatic carbocycles. The van der Waals surface area contributed by atoms with Gasteiger partial charge >= 0.3 is 24.2 Å². The van der Waals surface area contributed by atoms with Crippen LogP contribution in [0.15, 0.2) is 101 Å². The Morgan fingerprint density at radius 2 is 1.61 bits per heavy atom. The topological polar surface area (TPSA) is 331 Å². The maximum Gasteiger partial charge on any atom is 0.424 e. The lowest BCUT2D eigenvalue weighted by Gasteiger charge is -2.42. The number of halogens is 1. The molecule has 4 heterocycles. The van der Waals surface area contributed by atoms with E-state index in [0.29, 0.717) is 29.0 Å². The second kappa shape index (κ2) is 32.2. The predicted octanol–water partition coefficient (Wildman–Crippen LogP) is 6.05. The van der Waals surface area contributed by atoms with Crippen molar-refractivity contribution in [2.24, 2.45) is 11.7 Å². The fourth-order valence-electron chi connectivity index (χ4n) is 11.8. The molecule has 2 saturated heterocycles. The van der Waals surface area contributed by atoms with Crippen molar-refractivity contribution in [1.29, 1.82) is 0 Å². The highest BCUT2D eigenvalue weighted by molar-refractivity contribution is 6.35. The molecule has 1 aromatic heterocycles. The van der Waals surface area contributed by atoms with Crippen LogP contribution in [0, 0.1) is 5.92 Å². The number of hydrogen-bond acceptors (Lipinski definition) is 20. The molecule has 95 heavy (non-hydrogen) atoms. The summed E-state index contributed by atoms with van der Waals surface area (Å²) in [6, 6.07) is 17.0. The van der Waals surface area contributed by atoms with Crippen molar-refractivity contribution in [2.75, 3.05) is 86.9 Å². The number of esters is 1. The Balaban J connectivity index is 0.763. The Bertz CT molecular complexity index is 3460. The smallest absolute Gasteiger partial charge is 0.424 e. The molecule has 3 aromatic carbocycles. The summed E-state index contributed by atoms with van der Waals surface area (Å²) in [4.78, 5) is 109. The van der Waals surface area contributed by atoms with Gasteiger partial charge in [0.05, 0.1) is 77.1 Å². The number of nitrogens with two attached hydrogens (primary N) is 1. The Labute approximate surface area is 556 Å². The van der Waals surface area contributed by atoms with Crippen LogP contribution in [0.5, 0.6) is 5.75 Å². The molecule has 0 spiro atoms. The van der Waals surface area contributed by atoms with E-state index in [-0.39, 0.29) is 76.5 Å². The molecule has 8 rings (SSSR count). The molecule has 6 N–H and O–H groups in total. The van der Waals surface area contributed by atoms with Gasteiger partial charge in [-0.1, -0.05) is 90.9 Å². The number of nitrogens with one attached hydrogen (secondary N) is 3. The first kappa shape index (κ1) is 72.3. The van der Waals surface area contributed by atoms with Crippen LogP contribution < -0.4 is 31.3 Å². The number of epoxide rings is 1. The molecule has 4 aliphatic rings. The second-order valence-electron chi connectivity index (χ2n) is 24.2. The minimum absolute atomic E-state index is 0.000333. The number of amides is 7. The predicted molar refractivity (Wildman–Crippen MR) is 344 cm³/mol. The number of primary amides is 1. The van der Waals surface area contributed by atoms with Gasteiger partial charge in [-0.05, 0) is 67.1 Å². The number of nitrogens with zero attached hydrogens (tertiary/aromatic N) is 4. The number of hydrogen-bond donors (Lipinski definition) is 5. The van der Waals surface area contributed by atoms with Crippen LogP contribution in [0.25, 0.3) is 11.1 Å². The van der Waals surface area contributed by atoms with E-state index in [4.69, 9.17) is 64.4 Å². The average Bonchev–Trinajstić information content (AvgIpc) is 1.58. The first-order valence-electron chi connectivity index (χ1n) is 31.1. The normalized spacial score (nSPS) is 23.2. The van der Waals surface area contributed by atoms with Gasteiger partial charge in [0.2, 0.25) is 23.6 Å². The lowest BCUT2D eigenvalue weighted by Crippen LogP contribution is -2.63. The molecule has 9 atom stereocenters. The van der Waals surface area contributed by atoms with E-state index in [1.54, 1.807) is 57.2 Å². The third kappa shape index (κ3) is 17.9. The van der Waals surface area contributed by atoms with E-state index in [9.17, 15) is 43.5 Å². The lowest BCUT2D eigenvalue weighted by molar-refractivity contribution is -0.162. The van der Waals surface area contributed by atoms with E-state index in [0.717, 1.165) is 33.4 Å². The van der Waals surface area contributed by atoms with E-state index in [1.165, 1.54) is 62.6 Å². The molecule has 0 saturated carbocycles. The molecule has 514 valence electrons. The highest BCUT2D eigenvalue weighted by atomic mass is 35.5. The number of furan rings is 1. The number of methoxy groups -OCH3 is 2. The summed E-state index contributed by atoms with van der Waals surface area (Å²) in [6.07, 6.45) is 0.793. The number of fused-ring (bicyclic) bond motifs is 8. The summed E-state index contributed by atoms with van der Waals surface area (Å²) in [7, 11) is 9.08. The van der Waals surface area contributed by atoms with Crippen LogP contribution in [0.2, 0.25) is 5.02 Å². The maximum atomic E-state index is 14.4. The van der Waals surface area contributed by atoms with Crippen LogP contribution in [0.3, 0.4) is 0 Å². The Morgan fingerprint density at radius 3 is 2.28 bits per heavy atom. The molecular weight excluding hydrogens is 1260 g/mol. The second-order valence-corrected chi connectivity index (χ2v) is 24.6. The fourth-order valence-corrected chi connectivity index (χ4v) is 12.1. The van der Waals surface area contributed by atoms with Gasteiger partial charge in [0.1, 0.15) is 60.0 Å². The number of allylic oxidation sites excluding steroid dienone is 3. The number of hydrazine groups is 1. The van der Waals surface area contributed by atoms with Crippen LogP contribution in [-0.4, -0.2) is 198 Å². The number of benzene rings is 3. The third-order valence-corrected chi connectivity index (χ3v) is 18.0. The number of alkyl carbamates (subject to hydrolysis) is 2. The standard InChI is InChI=1S/C67H85ClN8O19/c1-39-16-15-21-54(87-10)67(85)33-53(93-64(83)72-67)40(2)60-66(4,95-60)55(32-58(79)75(7)51-29-42(28-39)30-52(86-9)59(51)68)94-62(81)41(3)74(6)57(78)22-24-88-26-27-89-25-23-70-61(80)50(31-56(69)77)71-63(82)91-37-44-36-90-35-43(44)34-73(5)76(8)65(84)92-38-49-47-19-13-11-17-45(47)46-18-12-14-20-48(46)49/h11-21,29-30,35-36,40-41,49-50,53-55,60,85H,22-28,31-34,37-38H2,1-10H3,(H2,69,77)(H,70,80)(H,71,82)(H,72,83)/b21-15+,39-16+/t40-,41+,50+,53+,54-,55+,60?,66+,67+/m1/s1. The SMILES string of the molecule is COc1cc2cc(c1Cl)N(C)C(=O)C[C@H](OC(=O)[C@H](C)N(C)C(=O)CCOCCOCCNC(=O)[C@H](CC(N)=O)NC(=O)OCc1cocc1CN(C)N(C)C(=O)OCC1c3ccccc3-c3ccccc31)[C@]1(C)OC1[C@H](C)[C@@H]1C[C@@](O)(NC(=O)O1)[C@H](OC)/C=C/C=C(\C)C2. The number of likely N-dealkylation sites (N-methyl/N-ethyl adjacent to an activating group) is 1. The summed E-state index contributed by atoms with van der Waals surface area (Å²) >= 11 is 6.83. The molecule has 28 heteroatoms. The molecule has 0 radical (unpaired) electrons. The van der Waals surface area contributed by atoms with Gasteiger partial charge in [0.15, 0.2) is 5.72 Å². The van der Waals surface area contributed by atoms with E-state index in [2.05, 4.69) is 28.1 Å². The van der Waals surface area contributed by atoms with Crippen molar-refractivity contribution >= 4 is 65.2 Å². The molecule has 4 aromatic rings. The summed E-state index contributed by atoms with van der Waals surface area (Å²) in [6.45, 7) is 6.83. The summed E-state index contributed by atoms with van der Waals surface area (Å²) in [5, 5.41) is 22.4. The Kier molecular flexibility index (Phi) is 24.5. The van der Waals surface area contributed by atoms with Crippen molar-refractivity contribution in [3.8, 4) is 16.9 Å². The number of carbonyl (C=O) groups excluding carboxylic acids is 8. The van der Waals surface area contributed by atoms with Crippen molar-refractivity contribution in [3.63, 3.8) is 0 Å². The van der Waals surface area contributed by atoms with Crippen LogP contribution in [0.1, 0.15) is 87.1 Å². The van der Waals surface area contributed by atoms with E-state index >= 15 is 0 Å². The quantitative estimate of drug-likeness (QED) is 0.0166. The minimum Gasteiger partial charge on any atom is -0.495 e. The fraction of sp³-hybridized carbons (Fsp3) is 0.493. The van der Waals surface area contributed by atoms with Crippen LogP contribution in [0.4, 0.5) is 20.1 Å². The molecular formula is C67H85ClN8O19. The Morgan fingerprint density at radius 1 is 0.937 bits per heavy atom. The van der Waals surface area contributed by atoms with Gasteiger partial charge in [0, 0.05) is 77.8 Å². The molecule has 7 amide bonds. The minimum atomic E-state index is -1.90. The zero-order chi connectivity index (χ0) is 68.9. The first-order valence-corrected chi connectivity index (χ1v) is 31.5. The lowest BCUT2D eigenvalue weighted by atomic mass is 9.83. The zero-order valence-electron chi connectivity index (χ0n) is 55.0. The van der Waals surface area contributed by atoms with Crippen molar-refractivity contribution < 1.29 is 90.5 Å². The van der Waals surface area contributed by atoms with Gasteiger partial charge in [-0.15, -0.1) is 0 Å². The van der Waals surface area contributed by atoms with Gasteiger partial charge in [-0.25, -0.2) is 29.2 Å². The average molecular weight is 1340 g/mol. The number of carbonyl (C=O) groups is 8. The van der Waals surface area contributed by atoms with Crippen molar-refractivity contribution in [2.45, 2.75) is 127 Å². The van der Waals surface area contributed by atoms with Crippen molar-refractivity contribution in [1.82, 2.24) is 30.9 Å². The number of ether oxygens (including phenoxy) is 9. The zero-order valence-corrected chi connectivity index (χ0v) is 55.8. The summed E-state index contributed by atoms with van der Waals surface area (Å²) < 4.78 is 57.3. The monoisotopic (exact) mass is 1340 g/mol. The summed E-state index contributed by atoms with van der Waals surface area (Å²) in [5.74, 6) is -3.83. The third-order valence-electron chi connectivity index (χ3n) is 17.6. The van der Waals surface area contributed by atoms with Gasteiger partial charge < -0.3 is 78.3 Å². The van der Waals surface area contributed by atoms with Gasteiger partial charge in [0.25, 0.3) is 0 Å². The first-order chi connectivity index (χ1) is 45.3. The van der Waals surface area contributed by atoms with Gasteiger partial charge in [-0.2, -0.15) is 0 Å². The molecule has 4 bridgehead atoms. The molecule has 1 unspecified atom stereocenters. The Hall–Kier alpha value is -8.57. The van der Waals surface area contributed by atoms with Crippen LogP contribution in [-0.2, 0) is 81.4 Å². The largest absolute Gasteiger partial charge is 0.495 e. The number of rotatable bonds is 25. The highest BCUT2D eigenvalue weighted by Crippen LogP contribution is 2.50.